The Bertz CT molecular complexity index is 1220. The number of hydrogen-bond donors (Lipinski definition) is 5. The van der Waals surface area contributed by atoms with Crippen molar-refractivity contribution in [2.45, 2.75) is 56.1 Å². The van der Waals surface area contributed by atoms with E-state index in [1.54, 1.807) is 14.1 Å². The summed E-state index contributed by atoms with van der Waals surface area (Å²) in [5.74, 6) is -5.96. The molecule has 1 amide bonds. The molecule has 0 spiro atoms. The SMILES string of the molecule is CN(C)[C@H]1C(=O)C(C(N)=O)=C(O)[C@]2(O)C(=O)C3=C(O)c4c(O)ccc(C5CCCC5)c4C[C@@H]3C[C@H]12. The average molecular weight is 483 g/mol. The number of fused-ring (bicyclic) bond motifs is 3. The van der Waals surface area contributed by atoms with Gasteiger partial charge in [0.25, 0.3) is 5.91 Å². The highest BCUT2D eigenvalue weighted by molar-refractivity contribution is 6.24. The third-order valence-corrected chi connectivity index (χ3v) is 8.44. The highest BCUT2D eigenvalue weighted by Gasteiger charge is 2.64. The molecule has 2 saturated carbocycles. The monoisotopic (exact) mass is 482 g/mol. The first-order chi connectivity index (χ1) is 16.5. The number of amides is 1. The number of phenolic OH excluding ortho intramolecular Hbond substituents is 1. The summed E-state index contributed by atoms with van der Waals surface area (Å²) in [4.78, 5) is 40.5. The number of carbonyl (C=O) groups is 3. The molecule has 6 N–H and O–H groups in total. The highest BCUT2D eigenvalue weighted by atomic mass is 16.3. The maximum atomic E-state index is 13.8. The Morgan fingerprint density at radius 3 is 2.34 bits per heavy atom. The molecule has 0 saturated heterocycles. The van der Waals surface area contributed by atoms with Crippen LogP contribution in [0.15, 0.2) is 29.0 Å². The highest BCUT2D eigenvalue weighted by Crippen LogP contribution is 2.53. The molecule has 2 fully saturated rings. The van der Waals surface area contributed by atoms with Gasteiger partial charge in [0.1, 0.15) is 22.8 Å². The third kappa shape index (κ3) is 3.11. The van der Waals surface area contributed by atoms with Crippen molar-refractivity contribution in [1.29, 1.82) is 0 Å². The van der Waals surface area contributed by atoms with Crippen molar-refractivity contribution in [2.75, 3.05) is 14.1 Å². The van der Waals surface area contributed by atoms with Crippen molar-refractivity contribution in [3.8, 4) is 5.75 Å². The Morgan fingerprint density at radius 1 is 1.09 bits per heavy atom. The molecule has 0 aromatic heterocycles. The number of Topliss-reactive ketones (excluding diaryl/α,β-unsaturated/α-hetero) is 2. The number of hydrogen-bond acceptors (Lipinski definition) is 8. The Kier molecular flexibility index (Phi) is 5.34. The van der Waals surface area contributed by atoms with Crippen LogP contribution in [0.5, 0.6) is 5.75 Å². The molecule has 4 aliphatic rings. The number of aliphatic hydroxyl groups excluding tert-OH is 2. The molecule has 4 aliphatic carbocycles. The van der Waals surface area contributed by atoms with Gasteiger partial charge in [-0.2, -0.15) is 0 Å². The van der Waals surface area contributed by atoms with Crippen molar-refractivity contribution in [1.82, 2.24) is 4.90 Å². The summed E-state index contributed by atoms with van der Waals surface area (Å²) >= 11 is 0. The first kappa shape index (κ1) is 23.6. The number of primary amides is 1. The van der Waals surface area contributed by atoms with Crippen molar-refractivity contribution >= 4 is 23.2 Å². The molecular weight excluding hydrogens is 452 g/mol. The van der Waals surface area contributed by atoms with Gasteiger partial charge >= 0.3 is 0 Å². The van der Waals surface area contributed by atoms with Crippen LogP contribution in [-0.2, 0) is 20.8 Å². The molecule has 1 aromatic rings. The fraction of sp³-hybridized carbons (Fsp3) is 0.500. The van der Waals surface area contributed by atoms with Gasteiger partial charge < -0.3 is 26.2 Å². The van der Waals surface area contributed by atoms with Gasteiger partial charge in [0.05, 0.1) is 11.6 Å². The van der Waals surface area contributed by atoms with Crippen molar-refractivity contribution in [3.05, 3.63) is 45.7 Å². The number of rotatable bonds is 3. The number of aliphatic hydroxyl groups is 3. The summed E-state index contributed by atoms with van der Waals surface area (Å²) in [6.07, 6.45) is 4.66. The molecule has 1 aromatic carbocycles. The van der Waals surface area contributed by atoms with Crippen LogP contribution in [-0.4, -0.2) is 68.5 Å². The lowest BCUT2D eigenvalue weighted by atomic mass is 9.57. The van der Waals surface area contributed by atoms with E-state index in [0.29, 0.717) is 12.3 Å². The predicted molar refractivity (Wildman–Crippen MR) is 125 cm³/mol. The quantitative estimate of drug-likeness (QED) is 0.406. The van der Waals surface area contributed by atoms with Gasteiger partial charge in [-0.05, 0) is 68.8 Å². The fourth-order valence-electron chi connectivity index (χ4n) is 6.89. The van der Waals surface area contributed by atoms with E-state index in [0.717, 1.165) is 36.8 Å². The molecule has 0 bridgehead atoms. The van der Waals surface area contributed by atoms with Crippen LogP contribution in [0.2, 0.25) is 0 Å². The number of likely N-dealkylation sites (N-methyl/N-ethyl adjacent to an activating group) is 1. The van der Waals surface area contributed by atoms with Gasteiger partial charge in [-0.1, -0.05) is 18.9 Å². The van der Waals surface area contributed by atoms with Crippen LogP contribution in [0.25, 0.3) is 5.76 Å². The standard InChI is InChI=1S/C26H30N2O7/c1-28(2)20-15-10-12-9-14-13(11-5-3-4-6-11)7-8-16(29)18(14)21(30)17(12)23(32)26(15,35)24(33)19(22(20)31)25(27)34/h7-8,11-12,15,20,29-30,33,35H,3-6,9-10H2,1-2H3,(H2,27,34)/t12-,15-,20-,26-/m1/s1. The number of aromatic hydroxyl groups is 1. The van der Waals surface area contributed by atoms with Gasteiger partial charge in [0, 0.05) is 11.5 Å². The van der Waals surface area contributed by atoms with Crippen LogP contribution in [0.1, 0.15) is 54.7 Å². The summed E-state index contributed by atoms with van der Waals surface area (Å²) < 4.78 is 0. The second-order valence-electron chi connectivity index (χ2n) is 10.5. The molecule has 186 valence electrons. The van der Waals surface area contributed by atoms with Crippen LogP contribution < -0.4 is 5.73 Å². The number of phenols is 1. The predicted octanol–water partition coefficient (Wildman–Crippen LogP) is 1.62. The second kappa shape index (κ2) is 7.93. The van der Waals surface area contributed by atoms with Crippen LogP contribution >= 0.6 is 0 Å². The van der Waals surface area contributed by atoms with E-state index in [1.807, 2.05) is 6.07 Å². The van der Waals surface area contributed by atoms with E-state index < -0.39 is 58.0 Å². The van der Waals surface area contributed by atoms with Crippen molar-refractivity contribution in [3.63, 3.8) is 0 Å². The Balaban J connectivity index is 1.72. The molecule has 5 rings (SSSR count). The minimum atomic E-state index is -2.61. The van der Waals surface area contributed by atoms with E-state index in [9.17, 15) is 34.8 Å². The van der Waals surface area contributed by atoms with Crippen molar-refractivity contribution < 1.29 is 34.8 Å². The number of carbonyl (C=O) groups excluding carboxylic acids is 3. The van der Waals surface area contributed by atoms with E-state index in [4.69, 9.17) is 5.73 Å². The lowest BCUT2D eigenvalue weighted by Crippen LogP contribution is -2.65. The number of nitrogens with two attached hydrogens (primary N) is 1. The summed E-state index contributed by atoms with van der Waals surface area (Å²) in [6.45, 7) is 0. The van der Waals surface area contributed by atoms with E-state index >= 15 is 0 Å². The largest absolute Gasteiger partial charge is 0.508 e. The van der Waals surface area contributed by atoms with E-state index in [1.165, 1.54) is 11.0 Å². The van der Waals surface area contributed by atoms with Crippen LogP contribution in [0.3, 0.4) is 0 Å². The maximum Gasteiger partial charge on any atom is 0.255 e. The normalized spacial score (nSPS) is 31.0. The summed E-state index contributed by atoms with van der Waals surface area (Å²) in [5, 5.41) is 44.4. The molecule has 9 heteroatoms. The summed E-state index contributed by atoms with van der Waals surface area (Å²) in [5.41, 5.74) is 3.80. The summed E-state index contributed by atoms with van der Waals surface area (Å²) in [6, 6.07) is 2.31. The van der Waals surface area contributed by atoms with Gasteiger partial charge in [0.2, 0.25) is 5.78 Å². The maximum absolute atomic E-state index is 13.8. The van der Waals surface area contributed by atoms with Crippen LogP contribution in [0.4, 0.5) is 0 Å². The first-order valence-corrected chi connectivity index (χ1v) is 12.0. The number of benzene rings is 1. The van der Waals surface area contributed by atoms with E-state index in [2.05, 4.69) is 0 Å². The molecule has 35 heavy (non-hydrogen) atoms. The molecular formula is C26H30N2O7. The van der Waals surface area contributed by atoms with Gasteiger partial charge in [-0.15, -0.1) is 0 Å². The number of ketones is 2. The average Bonchev–Trinajstić information content (AvgIpc) is 3.30. The minimum Gasteiger partial charge on any atom is -0.508 e. The van der Waals surface area contributed by atoms with Gasteiger partial charge in [-0.25, -0.2) is 0 Å². The first-order valence-electron chi connectivity index (χ1n) is 12.0. The molecule has 0 heterocycles. The van der Waals surface area contributed by atoms with Gasteiger partial charge in [-0.3, -0.25) is 19.3 Å². The lowest BCUT2D eigenvalue weighted by Gasteiger charge is -2.50. The Morgan fingerprint density at radius 2 is 1.74 bits per heavy atom. The van der Waals surface area contributed by atoms with Crippen molar-refractivity contribution in [2.24, 2.45) is 17.6 Å². The molecule has 4 atom stereocenters. The smallest absolute Gasteiger partial charge is 0.255 e. The zero-order valence-corrected chi connectivity index (χ0v) is 19.7. The number of nitrogens with zero attached hydrogens (tertiary/aromatic N) is 1. The zero-order chi connectivity index (χ0) is 25.4. The third-order valence-electron chi connectivity index (χ3n) is 8.44. The zero-order valence-electron chi connectivity index (χ0n) is 19.7. The molecule has 0 unspecified atom stereocenters. The lowest BCUT2D eigenvalue weighted by molar-refractivity contribution is -0.153. The fourth-order valence-corrected chi connectivity index (χ4v) is 6.89. The molecule has 9 nitrogen and oxygen atoms in total. The Labute approximate surface area is 202 Å². The van der Waals surface area contributed by atoms with Gasteiger partial charge in [0.15, 0.2) is 11.4 Å². The minimum absolute atomic E-state index is 0.103. The summed E-state index contributed by atoms with van der Waals surface area (Å²) in [7, 11) is 3.17. The topological polar surface area (TPSA) is 161 Å². The Hall–Kier alpha value is -3.17. The van der Waals surface area contributed by atoms with E-state index in [-0.39, 0.29) is 23.3 Å². The van der Waals surface area contributed by atoms with Crippen LogP contribution in [0, 0.1) is 11.8 Å². The molecule has 0 radical (unpaired) electrons. The molecule has 0 aliphatic heterocycles. The second-order valence-corrected chi connectivity index (χ2v) is 10.5.